The lowest BCUT2D eigenvalue weighted by Gasteiger charge is -2.22. The zero-order chi connectivity index (χ0) is 16.9. The van der Waals surface area contributed by atoms with Gasteiger partial charge in [0, 0.05) is 12.0 Å². The summed E-state index contributed by atoms with van der Waals surface area (Å²) < 4.78 is 0. The molecule has 2 aromatic rings. The van der Waals surface area contributed by atoms with Crippen molar-refractivity contribution in [1.29, 1.82) is 0 Å². The lowest BCUT2D eigenvalue weighted by Crippen LogP contribution is -2.25. The van der Waals surface area contributed by atoms with E-state index in [-0.39, 0.29) is 7.92 Å². The van der Waals surface area contributed by atoms with E-state index >= 15 is 0 Å². The lowest BCUT2D eigenvalue weighted by atomic mass is 10.1. The molecule has 2 heteroatoms. The average molecular weight is 335 g/mol. The predicted molar refractivity (Wildman–Crippen MR) is 108 cm³/mol. The maximum atomic E-state index is 2.46. The van der Waals surface area contributed by atoms with E-state index in [4.69, 9.17) is 0 Å². The first-order valence-electron chi connectivity index (χ1n) is 8.59. The fourth-order valence-corrected chi connectivity index (χ4v) is 5.50. The summed E-state index contributed by atoms with van der Waals surface area (Å²) in [7, 11) is 3.97. The SMILES string of the molecule is C[C@H](C1=C[C@@H](CP(c2ccccc2)c2ccccc2)C=C1)N(C)C. The summed E-state index contributed by atoms with van der Waals surface area (Å²) in [6.45, 7) is 2.27. The molecule has 0 aliphatic heterocycles. The van der Waals surface area contributed by atoms with Gasteiger partial charge in [-0.3, -0.25) is 0 Å². The van der Waals surface area contributed by atoms with E-state index in [1.165, 1.54) is 22.3 Å². The second-order valence-electron chi connectivity index (χ2n) is 6.61. The van der Waals surface area contributed by atoms with Crippen LogP contribution in [0.25, 0.3) is 0 Å². The number of nitrogens with zero attached hydrogens (tertiary/aromatic N) is 1. The molecule has 2 aromatic carbocycles. The van der Waals surface area contributed by atoms with Gasteiger partial charge in [0.15, 0.2) is 0 Å². The topological polar surface area (TPSA) is 3.24 Å². The van der Waals surface area contributed by atoms with Gasteiger partial charge in [-0.2, -0.15) is 0 Å². The van der Waals surface area contributed by atoms with Crippen molar-refractivity contribution in [3.63, 3.8) is 0 Å². The molecular formula is C22H26NP. The molecule has 1 nitrogen and oxygen atoms in total. The fraction of sp³-hybridized carbons (Fsp3) is 0.273. The Balaban J connectivity index is 1.83. The molecule has 0 unspecified atom stereocenters. The molecule has 0 amide bonds. The standard InChI is InChI=1S/C22H26NP/c1-18(23(2)3)20-15-14-19(16-20)17-24(21-10-6-4-7-11-21)22-12-8-5-9-13-22/h4-16,18-19H,17H2,1-3H3/t18-,19+/m1/s1. The highest BCUT2D eigenvalue weighted by molar-refractivity contribution is 7.73. The molecule has 0 radical (unpaired) electrons. The average Bonchev–Trinajstić information content (AvgIpc) is 3.09. The van der Waals surface area contributed by atoms with E-state index in [0.717, 1.165) is 0 Å². The first kappa shape index (κ1) is 17.1. The van der Waals surface area contributed by atoms with Gasteiger partial charge in [-0.1, -0.05) is 78.9 Å². The van der Waals surface area contributed by atoms with Gasteiger partial charge in [0.25, 0.3) is 0 Å². The number of benzene rings is 2. The molecule has 0 aromatic heterocycles. The molecule has 0 heterocycles. The third-order valence-electron chi connectivity index (χ3n) is 4.73. The predicted octanol–water partition coefficient (Wildman–Crippen LogP) is 4.18. The molecule has 24 heavy (non-hydrogen) atoms. The molecule has 0 bridgehead atoms. The summed E-state index contributed by atoms with van der Waals surface area (Å²) in [4.78, 5) is 2.27. The van der Waals surface area contributed by atoms with Crippen molar-refractivity contribution in [2.45, 2.75) is 13.0 Å². The van der Waals surface area contributed by atoms with Crippen LogP contribution in [0.5, 0.6) is 0 Å². The van der Waals surface area contributed by atoms with Crippen LogP contribution in [0.1, 0.15) is 6.92 Å². The van der Waals surface area contributed by atoms with Crippen molar-refractivity contribution >= 4 is 18.5 Å². The summed E-state index contributed by atoms with van der Waals surface area (Å²) in [6.07, 6.45) is 8.35. The van der Waals surface area contributed by atoms with E-state index in [1.54, 1.807) is 0 Å². The Hall–Kier alpha value is -1.69. The minimum Gasteiger partial charge on any atom is -0.303 e. The second kappa shape index (κ2) is 7.92. The highest BCUT2D eigenvalue weighted by Gasteiger charge is 2.21. The van der Waals surface area contributed by atoms with Crippen LogP contribution >= 0.6 is 7.92 Å². The number of likely N-dealkylation sites (N-methyl/N-ethyl adjacent to an activating group) is 1. The molecule has 0 spiro atoms. The zero-order valence-electron chi connectivity index (χ0n) is 14.8. The van der Waals surface area contributed by atoms with Crippen molar-refractivity contribution in [2.24, 2.45) is 5.92 Å². The van der Waals surface area contributed by atoms with Gasteiger partial charge >= 0.3 is 0 Å². The van der Waals surface area contributed by atoms with Gasteiger partial charge in [0.1, 0.15) is 0 Å². The van der Waals surface area contributed by atoms with Crippen molar-refractivity contribution < 1.29 is 0 Å². The van der Waals surface area contributed by atoms with Gasteiger partial charge in [0.05, 0.1) is 0 Å². The Labute approximate surface area is 147 Å². The van der Waals surface area contributed by atoms with Gasteiger partial charge in [0.2, 0.25) is 0 Å². The van der Waals surface area contributed by atoms with E-state index in [1.807, 2.05) is 0 Å². The number of hydrogen-bond donors (Lipinski definition) is 0. The summed E-state index contributed by atoms with van der Waals surface area (Å²) in [6, 6.07) is 22.5. The minimum absolute atomic E-state index is 0.325. The molecule has 0 saturated carbocycles. The molecule has 3 rings (SSSR count). The van der Waals surface area contributed by atoms with Crippen molar-refractivity contribution in [3.8, 4) is 0 Å². The zero-order valence-corrected chi connectivity index (χ0v) is 15.7. The lowest BCUT2D eigenvalue weighted by molar-refractivity contribution is 0.355. The first-order valence-corrected chi connectivity index (χ1v) is 10.1. The Bertz CT molecular complexity index is 664. The van der Waals surface area contributed by atoms with Crippen LogP contribution in [0, 0.1) is 5.92 Å². The number of rotatable bonds is 6. The van der Waals surface area contributed by atoms with Crippen molar-refractivity contribution in [3.05, 3.63) is 84.5 Å². The molecule has 0 fully saturated rings. The van der Waals surface area contributed by atoms with Crippen LogP contribution in [0.15, 0.2) is 84.5 Å². The van der Waals surface area contributed by atoms with E-state index in [0.29, 0.717) is 12.0 Å². The van der Waals surface area contributed by atoms with Gasteiger partial charge in [-0.05, 0) is 51.3 Å². The maximum absolute atomic E-state index is 2.46. The third-order valence-corrected chi connectivity index (χ3v) is 7.36. The van der Waals surface area contributed by atoms with Gasteiger partial charge in [-0.25, -0.2) is 0 Å². The highest BCUT2D eigenvalue weighted by Crippen LogP contribution is 2.38. The van der Waals surface area contributed by atoms with Gasteiger partial charge < -0.3 is 4.90 Å². The van der Waals surface area contributed by atoms with Crippen LogP contribution in [-0.2, 0) is 0 Å². The number of allylic oxidation sites excluding steroid dienone is 2. The molecule has 1 aliphatic rings. The molecule has 0 saturated heterocycles. The largest absolute Gasteiger partial charge is 0.303 e. The van der Waals surface area contributed by atoms with Crippen molar-refractivity contribution in [1.82, 2.24) is 4.90 Å². The minimum atomic E-state index is -0.325. The third kappa shape index (κ3) is 4.04. The first-order chi connectivity index (χ1) is 11.6. The molecular weight excluding hydrogens is 309 g/mol. The fourth-order valence-electron chi connectivity index (χ4n) is 3.07. The summed E-state index contributed by atoms with van der Waals surface area (Å²) in [5, 5.41) is 2.93. The van der Waals surface area contributed by atoms with Crippen LogP contribution in [0.2, 0.25) is 0 Å². The smallest absolute Gasteiger partial charge is 0.0310 e. The van der Waals surface area contributed by atoms with E-state index < -0.39 is 0 Å². The van der Waals surface area contributed by atoms with Crippen LogP contribution in [0.4, 0.5) is 0 Å². The van der Waals surface area contributed by atoms with E-state index in [9.17, 15) is 0 Å². The molecule has 1 aliphatic carbocycles. The highest BCUT2D eigenvalue weighted by atomic mass is 31.1. The van der Waals surface area contributed by atoms with Crippen LogP contribution in [0.3, 0.4) is 0 Å². The Kier molecular flexibility index (Phi) is 5.66. The number of hydrogen-bond acceptors (Lipinski definition) is 1. The Morgan fingerprint density at radius 3 is 1.96 bits per heavy atom. The second-order valence-corrected chi connectivity index (χ2v) is 8.86. The summed E-state index contributed by atoms with van der Waals surface area (Å²) >= 11 is 0. The normalized spacial score (nSPS) is 18.2. The summed E-state index contributed by atoms with van der Waals surface area (Å²) in [5.74, 6) is 0.536. The van der Waals surface area contributed by atoms with Gasteiger partial charge in [-0.15, -0.1) is 0 Å². The van der Waals surface area contributed by atoms with E-state index in [2.05, 4.69) is 105 Å². The Morgan fingerprint density at radius 1 is 0.917 bits per heavy atom. The van der Waals surface area contributed by atoms with Crippen LogP contribution in [-0.4, -0.2) is 31.2 Å². The Morgan fingerprint density at radius 2 is 1.46 bits per heavy atom. The maximum Gasteiger partial charge on any atom is 0.0310 e. The molecule has 0 N–H and O–H groups in total. The monoisotopic (exact) mass is 335 g/mol. The summed E-state index contributed by atoms with van der Waals surface area (Å²) in [5.41, 5.74) is 1.45. The molecule has 2 atom stereocenters. The molecule has 124 valence electrons. The quantitative estimate of drug-likeness (QED) is 0.716. The van der Waals surface area contributed by atoms with Crippen molar-refractivity contribution in [2.75, 3.05) is 20.3 Å². The van der Waals surface area contributed by atoms with Crippen LogP contribution < -0.4 is 10.6 Å².